The van der Waals surface area contributed by atoms with E-state index in [0.717, 1.165) is 40.1 Å². The third-order valence-electron chi connectivity index (χ3n) is 5.27. The third kappa shape index (κ3) is 3.53. The molecule has 0 saturated heterocycles. The summed E-state index contributed by atoms with van der Waals surface area (Å²) >= 11 is 0. The molecule has 4 rings (SSSR count). The maximum Gasteiger partial charge on any atom is 0.251 e. The van der Waals surface area contributed by atoms with Crippen LogP contribution in [0.2, 0.25) is 0 Å². The van der Waals surface area contributed by atoms with E-state index in [1.54, 1.807) is 4.68 Å². The summed E-state index contributed by atoms with van der Waals surface area (Å²) in [5.41, 5.74) is 5.67. The van der Waals surface area contributed by atoms with Crippen molar-refractivity contribution in [2.75, 3.05) is 10.6 Å². The van der Waals surface area contributed by atoms with E-state index < -0.39 is 6.04 Å². The first kappa shape index (κ1) is 18.9. The minimum atomic E-state index is -0.655. The zero-order valence-corrected chi connectivity index (χ0v) is 16.8. The average Bonchev–Trinajstić information content (AvgIpc) is 3.21. The van der Waals surface area contributed by atoms with E-state index in [-0.39, 0.29) is 18.2 Å². The molecule has 1 aliphatic rings. The number of aromatic nitrogens is 2. The van der Waals surface area contributed by atoms with Crippen LogP contribution in [0.5, 0.6) is 0 Å². The van der Waals surface area contributed by atoms with Gasteiger partial charge >= 0.3 is 0 Å². The molecule has 0 fully saturated rings. The molecule has 2 aromatic carbocycles. The summed E-state index contributed by atoms with van der Waals surface area (Å²) < 4.78 is 1.67. The van der Waals surface area contributed by atoms with Crippen molar-refractivity contribution >= 4 is 23.3 Å². The van der Waals surface area contributed by atoms with Crippen molar-refractivity contribution in [3.8, 4) is 11.1 Å². The van der Waals surface area contributed by atoms with Gasteiger partial charge in [0.2, 0.25) is 5.91 Å². The molecule has 3 aromatic rings. The van der Waals surface area contributed by atoms with Gasteiger partial charge in [-0.2, -0.15) is 5.10 Å². The van der Waals surface area contributed by atoms with E-state index in [9.17, 15) is 9.59 Å². The van der Waals surface area contributed by atoms with Crippen LogP contribution in [-0.4, -0.2) is 21.6 Å². The maximum atomic E-state index is 12.7. The van der Waals surface area contributed by atoms with Gasteiger partial charge in [0.15, 0.2) is 0 Å². The molecule has 1 unspecified atom stereocenters. The molecule has 1 aliphatic heterocycles. The lowest BCUT2D eigenvalue weighted by molar-refractivity contribution is -0.123. The topological polar surface area (TPSA) is 76.0 Å². The Morgan fingerprint density at radius 2 is 1.93 bits per heavy atom. The highest BCUT2D eigenvalue weighted by atomic mass is 16.2. The summed E-state index contributed by atoms with van der Waals surface area (Å²) in [4.78, 5) is 25.3. The summed E-state index contributed by atoms with van der Waals surface area (Å²) in [5.74, 6) is 0.257. The fourth-order valence-corrected chi connectivity index (χ4v) is 3.72. The monoisotopic (exact) mass is 388 g/mol. The zero-order valence-electron chi connectivity index (χ0n) is 16.8. The number of anilines is 2. The second kappa shape index (κ2) is 7.54. The van der Waals surface area contributed by atoms with Gasteiger partial charge in [0, 0.05) is 11.3 Å². The minimum absolute atomic E-state index is 0.0330. The predicted molar refractivity (Wildman–Crippen MR) is 114 cm³/mol. The summed E-state index contributed by atoms with van der Waals surface area (Å²) in [5, 5.41) is 10.5. The Bertz CT molecular complexity index is 1090. The Labute approximate surface area is 169 Å². The van der Waals surface area contributed by atoms with Gasteiger partial charge in [0.05, 0.1) is 12.1 Å². The molecule has 2 amide bonds. The Balaban J connectivity index is 1.61. The Morgan fingerprint density at radius 3 is 2.66 bits per heavy atom. The molecule has 2 N–H and O–H groups in total. The number of hydrogen-bond acceptors (Lipinski definition) is 3. The van der Waals surface area contributed by atoms with Crippen LogP contribution in [0.3, 0.4) is 0 Å². The second-order valence-corrected chi connectivity index (χ2v) is 7.41. The fourth-order valence-electron chi connectivity index (χ4n) is 3.72. The number of benzene rings is 2. The highest BCUT2D eigenvalue weighted by molar-refractivity contribution is 6.04. The smallest absolute Gasteiger partial charge is 0.251 e. The average molecular weight is 388 g/mol. The van der Waals surface area contributed by atoms with E-state index in [1.165, 1.54) is 0 Å². The summed E-state index contributed by atoms with van der Waals surface area (Å²) in [6.07, 6.45) is 0.771. The molecule has 0 aliphatic carbocycles. The summed E-state index contributed by atoms with van der Waals surface area (Å²) in [7, 11) is 0. The van der Waals surface area contributed by atoms with Crippen LogP contribution in [0.15, 0.2) is 48.5 Å². The maximum absolute atomic E-state index is 12.7. The van der Waals surface area contributed by atoms with Crippen LogP contribution in [0.1, 0.15) is 36.2 Å². The van der Waals surface area contributed by atoms with E-state index in [2.05, 4.69) is 15.7 Å². The van der Waals surface area contributed by atoms with Crippen molar-refractivity contribution in [3.63, 3.8) is 0 Å². The van der Waals surface area contributed by atoms with Crippen LogP contribution in [0, 0.1) is 13.8 Å². The number of aryl methyl sites for hydroxylation is 3. The van der Waals surface area contributed by atoms with Crippen LogP contribution in [-0.2, 0) is 16.0 Å². The lowest BCUT2D eigenvalue weighted by atomic mass is 10.0. The quantitative estimate of drug-likeness (QED) is 0.686. The van der Waals surface area contributed by atoms with Crippen LogP contribution in [0.25, 0.3) is 11.1 Å². The van der Waals surface area contributed by atoms with Crippen molar-refractivity contribution < 1.29 is 9.59 Å². The molecule has 2 heterocycles. The summed E-state index contributed by atoms with van der Waals surface area (Å²) in [6, 6.07) is 15.1. The van der Waals surface area contributed by atoms with Crippen molar-refractivity contribution in [2.45, 2.75) is 39.7 Å². The van der Waals surface area contributed by atoms with Crippen LogP contribution < -0.4 is 10.6 Å². The van der Waals surface area contributed by atoms with E-state index in [0.29, 0.717) is 5.82 Å². The lowest BCUT2D eigenvalue weighted by Gasteiger charge is -2.12. The number of carbonyl (C=O) groups excluding carboxylic acids is 2. The lowest BCUT2D eigenvalue weighted by Crippen LogP contribution is -2.24. The van der Waals surface area contributed by atoms with Gasteiger partial charge in [-0.15, -0.1) is 0 Å². The van der Waals surface area contributed by atoms with Crippen molar-refractivity contribution in [3.05, 3.63) is 65.4 Å². The fraction of sp³-hybridized carbons (Fsp3) is 0.261. The molecule has 0 spiro atoms. The molecule has 6 heteroatoms. The largest absolute Gasteiger partial charge is 0.326 e. The van der Waals surface area contributed by atoms with E-state index >= 15 is 0 Å². The number of fused-ring (bicyclic) bond motifs is 1. The van der Waals surface area contributed by atoms with Crippen LogP contribution in [0.4, 0.5) is 11.5 Å². The van der Waals surface area contributed by atoms with Gasteiger partial charge in [0.1, 0.15) is 11.9 Å². The summed E-state index contributed by atoms with van der Waals surface area (Å²) in [6.45, 7) is 5.96. The minimum Gasteiger partial charge on any atom is -0.326 e. The number of hydrogen-bond donors (Lipinski definition) is 2. The number of rotatable bonds is 5. The first-order chi connectivity index (χ1) is 14.0. The highest BCUT2D eigenvalue weighted by Gasteiger charge is 2.36. The standard InChI is InChI=1S/C23H24N4O2/c1-4-17-21(16-8-6-5-7-9-16)22-25-23(29)19(27(22)26-17)13-20(28)24-18-12-14(2)10-11-15(18)3/h5-12,19H,4,13H2,1-3H3,(H,24,28)(H,25,29). The van der Waals surface area contributed by atoms with Gasteiger partial charge in [0.25, 0.3) is 5.91 Å². The molecule has 148 valence electrons. The van der Waals surface area contributed by atoms with Gasteiger partial charge in [-0.1, -0.05) is 49.4 Å². The molecule has 0 radical (unpaired) electrons. The number of nitrogens with zero attached hydrogens (tertiary/aromatic N) is 2. The SMILES string of the molecule is CCc1nn2c(c1-c1ccccc1)NC(=O)C2CC(=O)Nc1cc(C)ccc1C. The van der Waals surface area contributed by atoms with Crippen LogP contribution >= 0.6 is 0 Å². The van der Waals surface area contributed by atoms with Crippen molar-refractivity contribution in [1.82, 2.24) is 9.78 Å². The molecular formula is C23H24N4O2. The van der Waals surface area contributed by atoms with Gasteiger partial charge in [-0.25, -0.2) is 4.68 Å². The van der Waals surface area contributed by atoms with Gasteiger partial charge < -0.3 is 10.6 Å². The van der Waals surface area contributed by atoms with Crippen molar-refractivity contribution in [1.29, 1.82) is 0 Å². The van der Waals surface area contributed by atoms with E-state index in [1.807, 2.05) is 69.3 Å². The number of amides is 2. The number of carbonyl (C=O) groups is 2. The molecular weight excluding hydrogens is 364 g/mol. The predicted octanol–water partition coefficient (Wildman–Crippen LogP) is 4.25. The van der Waals surface area contributed by atoms with Gasteiger partial charge in [-0.05, 0) is 43.0 Å². The molecule has 0 saturated carbocycles. The Hall–Kier alpha value is -3.41. The number of nitrogens with one attached hydrogen (secondary N) is 2. The molecule has 1 atom stereocenters. The Morgan fingerprint density at radius 1 is 1.17 bits per heavy atom. The highest BCUT2D eigenvalue weighted by Crippen LogP contribution is 2.38. The first-order valence-electron chi connectivity index (χ1n) is 9.82. The molecule has 1 aromatic heterocycles. The molecule has 0 bridgehead atoms. The zero-order chi connectivity index (χ0) is 20.5. The molecule has 29 heavy (non-hydrogen) atoms. The second-order valence-electron chi connectivity index (χ2n) is 7.41. The third-order valence-corrected chi connectivity index (χ3v) is 5.27. The van der Waals surface area contributed by atoms with Crippen molar-refractivity contribution in [2.24, 2.45) is 0 Å². The first-order valence-corrected chi connectivity index (χ1v) is 9.82. The normalized spacial score (nSPS) is 15.1. The van der Waals surface area contributed by atoms with E-state index in [4.69, 9.17) is 0 Å². The molecule has 6 nitrogen and oxygen atoms in total. The van der Waals surface area contributed by atoms with Gasteiger partial charge in [-0.3, -0.25) is 9.59 Å². The Kier molecular flexibility index (Phi) is 4.92.